The number of aromatic nitrogens is 3. The van der Waals surface area contributed by atoms with Crippen LogP contribution >= 0.6 is 11.3 Å². The first-order valence-electron chi connectivity index (χ1n) is 9.88. The molecule has 3 heterocycles. The average Bonchev–Trinajstić information content (AvgIpc) is 3.50. The molecule has 2 aromatic carbocycles. The Labute approximate surface area is 178 Å². The molecule has 2 aromatic heterocycles. The molecule has 0 saturated heterocycles. The first-order valence-corrected chi connectivity index (χ1v) is 10.8. The van der Waals surface area contributed by atoms with E-state index in [1.807, 2.05) is 69.7 Å². The van der Waals surface area contributed by atoms with Gasteiger partial charge in [0.15, 0.2) is 0 Å². The molecule has 0 fully saturated rings. The molecule has 5 nitrogen and oxygen atoms in total. The van der Waals surface area contributed by atoms with Gasteiger partial charge in [0, 0.05) is 30.2 Å². The van der Waals surface area contributed by atoms with E-state index in [-0.39, 0.29) is 5.91 Å². The first kappa shape index (κ1) is 18.5. The SMILES string of the molecule is O=C(c1csc(-c2cnn(-c3ccccc3)c2)n1)N1CC=C(c2ccccc2)CC1. The minimum atomic E-state index is -0.0173. The minimum Gasteiger partial charge on any atom is -0.333 e. The summed E-state index contributed by atoms with van der Waals surface area (Å²) in [6.45, 7) is 1.32. The number of para-hydroxylation sites is 1. The summed E-state index contributed by atoms with van der Waals surface area (Å²) in [6.07, 6.45) is 6.73. The summed E-state index contributed by atoms with van der Waals surface area (Å²) in [4.78, 5) is 19.4. The van der Waals surface area contributed by atoms with Gasteiger partial charge in [-0.15, -0.1) is 11.3 Å². The lowest BCUT2D eigenvalue weighted by Crippen LogP contribution is -2.34. The lowest BCUT2D eigenvalue weighted by Gasteiger charge is -2.26. The molecular weight excluding hydrogens is 392 g/mol. The van der Waals surface area contributed by atoms with Gasteiger partial charge in [-0.05, 0) is 29.7 Å². The smallest absolute Gasteiger partial charge is 0.273 e. The third-order valence-corrected chi connectivity index (χ3v) is 6.11. The van der Waals surface area contributed by atoms with Gasteiger partial charge in [0.1, 0.15) is 10.7 Å². The van der Waals surface area contributed by atoms with E-state index in [2.05, 4.69) is 28.3 Å². The first-order chi connectivity index (χ1) is 14.8. The summed E-state index contributed by atoms with van der Waals surface area (Å²) < 4.78 is 1.82. The van der Waals surface area contributed by atoms with Crippen molar-refractivity contribution in [1.82, 2.24) is 19.7 Å². The molecule has 0 spiro atoms. The van der Waals surface area contributed by atoms with Gasteiger partial charge in [-0.2, -0.15) is 5.10 Å². The minimum absolute atomic E-state index is 0.0173. The van der Waals surface area contributed by atoms with E-state index in [0.717, 1.165) is 22.7 Å². The Balaban J connectivity index is 1.30. The van der Waals surface area contributed by atoms with Crippen molar-refractivity contribution >= 4 is 22.8 Å². The van der Waals surface area contributed by atoms with E-state index in [4.69, 9.17) is 0 Å². The van der Waals surface area contributed by atoms with Gasteiger partial charge in [0.25, 0.3) is 5.91 Å². The van der Waals surface area contributed by atoms with Crippen LogP contribution in [0.4, 0.5) is 0 Å². The zero-order valence-electron chi connectivity index (χ0n) is 16.3. The number of benzene rings is 2. The molecule has 1 aliphatic rings. The molecule has 0 aliphatic carbocycles. The van der Waals surface area contributed by atoms with Crippen molar-refractivity contribution in [3.63, 3.8) is 0 Å². The number of rotatable bonds is 4. The Hall–Kier alpha value is -3.51. The van der Waals surface area contributed by atoms with Crippen LogP contribution in [0.1, 0.15) is 22.5 Å². The average molecular weight is 413 g/mol. The van der Waals surface area contributed by atoms with Crippen LogP contribution in [0.25, 0.3) is 21.8 Å². The van der Waals surface area contributed by atoms with Crippen LogP contribution in [0.3, 0.4) is 0 Å². The Morgan fingerprint density at radius 1 is 0.967 bits per heavy atom. The molecule has 6 heteroatoms. The highest BCUT2D eigenvalue weighted by atomic mass is 32.1. The summed E-state index contributed by atoms with van der Waals surface area (Å²) >= 11 is 1.47. The van der Waals surface area contributed by atoms with Gasteiger partial charge >= 0.3 is 0 Å². The molecule has 4 aromatic rings. The monoisotopic (exact) mass is 412 g/mol. The van der Waals surface area contributed by atoms with Crippen molar-refractivity contribution in [2.75, 3.05) is 13.1 Å². The number of hydrogen-bond donors (Lipinski definition) is 0. The van der Waals surface area contributed by atoms with Crippen LogP contribution in [0.2, 0.25) is 0 Å². The summed E-state index contributed by atoms with van der Waals surface area (Å²) in [5.74, 6) is -0.0173. The molecule has 5 rings (SSSR count). The Morgan fingerprint density at radius 2 is 1.73 bits per heavy atom. The number of thiazole rings is 1. The Bertz CT molecular complexity index is 1190. The van der Waals surface area contributed by atoms with E-state index in [1.165, 1.54) is 22.5 Å². The molecular formula is C24H20N4OS. The lowest BCUT2D eigenvalue weighted by atomic mass is 9.99. The van der Waals surface area contributed by atoms with Crippen molar-refractivity contribution in [1.29, 1.82) is 0 Å². The predicted molar refractivity (Wildman–Crippen MR) is 120 cm³/mol. The van der Waals surface area contributed by atoms with Gasteiger partial charge in [-0.3, -0.25) is 4.79 Å². The third-order valence-electron chi connectivity index (χ3n) is 5.21. The van der Waals surface area contributed by atoms with Crippen LogP contribution in [0.15, 0.2) is 84.5 Å². The van der Waals surface area contributed by atoms with Gasteiger partial charge in [-0.1, -0.05) is 54.6 Å². The van der Waals surface area contributed by atoms with Crippen LogP contribution in [0.5, 0.6) is 0 Å². The number of carbonyl (C=O) groups excluding carboxylic acids is 1. The molecule has 0 bridgehead atoms. The van der Waals surface area contributed by atoms with E-state index in [0.29, 0.717) is 18.8 Å². The van der Waals surface area contributed by atoms with Crippen LogP contribution < -0.4 is 0 Å². The number of hydrogen-bond acceptors (Lipinski definition) is 4. The lowest BCUT2D eigenvalue weighted by molar-refractivity contribution is 0.0768. The summed E-state index contributed by atoms with van der Waals surface area (Å²) in [5, 5.41) is 7.07. The van der Waals surface area contributed by atoms with Crippen LogP contribution in [-0.4, -0.2) is 38.7 Å². The number of nitrogens with zero attached hydrogens (tertiary/aromatic N) is 4. The molecule has 0 atom stereocenters. The summed E-state index contributed by atoms with van der Waals surface area (Å²) in [6, 6.07) is 20.3. The standard InChI is InChI=1S/C24H20N4OS/c29-24(27-13-11-19(12-14-27)18-7-3-1-4-8-18)22-17-30-23(26-22)20-15-25-28(16-20)21-9-5-2-6-10-21/h1-11,15-17H,12-14H2. The second-order valence-corrected chi connectivity index (χ2v) is 8.00. The second kappa shape index (κ2) is 8.08. The molecule has 30 heavy (non-hydrogen) atoms. The molecule has 0 N–H and O–H groups in total. The van der Waals surface area contributed by atoms with Gasteiger partial charge in [0.2, 0.25) is 0 Å². The normalized spacial score (nSPS) is 13.9. The second-order valence-electron chi connectivity index (χ2n) is 7.14. The maximum atomic E-state index is 12.9. The summed E-state index contributed by atoms with van der Waals surface area (Å²) in [5.41, 5.74) is 4.93. The fourth-order valence-electron chi connectivity index (χ4n) is 3.59. The third kappa shape index (κ3) is 3.69. The molecule has 1 amide bonds. The molecule has 0 saturated carbocycles. The van der Waals surface area contributed by atoms with E-state index >= 15 is 0 Å². The predicted octanol–water partition coefficient (Wildman–Crippen LogP) is 4.93. The largest absolute Gasteiger partial charge is 0.333 e. The molecule has 1 aliphatic heterocycles. The fourth-order valence-corrected chi connectivity index (χ4v) is 4.36. The highest BCUT2D eigenvalue weighted by molar-refractivity contribution is 7.13. The maximum Gasteiger partial charge on any atom is 0.273 e. The number of carbonyl (C=O) groups is 1. The topological polar surface area (TPSA) is 51.0 Å². The van der Waals surface area contributed by atoms with Crippen molar-refractivity contribution in [3.05, 3.63) is 95.8 Å². The zero-order valence-corrected chi connectivity index (χ0v) is 17.1. The van der Waals surface area contributed by atoms with E-state index in [1.54, 1.807) is 6.20 Å². The van der Waals surface area contributed by atoms with E-state index in [9.17, 15) is 4.79 Å². The Morgan fingerprint density at radius 3 is 2.47 bits per heavy atom. The van der Waals surface area contributed by atoms with Crippen molar-refractivity contribution in [2.24, 2.45) is 0 Å². The highest BCUT2D eigenvalue weighted by Crippen LogP contribution is 2.26. The van der Waals surface area contributed by atoms with Gasteiger partial charge < -0.3 is 4.90 Å². The molecule has 0 radical (unpaired) electrons. The van der Waals surface area contributed by atoms with E-state index < -0.39 is 0 Å². The van der Waals surface area contributed by atoms with Crippen LogP contribution in [0, 0.1) is 0 Å². The fraction of sp³-hybridized carbons (Fsp3) is 0.125. The Kier molecular flexibility index (Phi) is 4.99. The van der Waals surface area contributed by atoms with Gasteiger partial charge in [-0.25, -0.2) is 9.67 Å². The van der Waals surface area contributed by atoms with Crippen LogP contribution in [-0.2, 0) is 0 Å². The summed E-state index contributed by atoms with van der Waals surface area (Å²) in [7, 11) is 0. The zero-order chi connectivity index (χ0) is 20.3. The quantitative estimate of drug-likeness (QED) is 0.478. The highest BCUT2D eigenvalue weighted by Gasteiger charge is 2.22. The number of amides is 1. The maximum absolute atomic E-state index is 12.9. The molecule has 148 valence electrons. The molecule has 0 unspecified atom stereocenters. The van der Waals surface area contributed by atoms with Crippen molar-refractivity contribution in [2.45, 2.75) is 6.42 Å². The van der Waals surface area contributed by atoms with Gasteiger partial charge in [0.05, 0.1) is 11.9 Å². The van der Waals surface area contributed by atoms with Crippen molar-refractivity contribution in [3.8, 4) is 16.3 Å². The van der Waals surface area contributed by atoms with Crippen molar-refractivity contribution < 1.29 is 4.79 Å².